The maximum absolute atomic E-state index is 6.68. The van der Waals surface area contributed by atoms with Crippen LogP contribution in [0.1, 0.15) is 25.0 Å². The van der Waals surface area contributed by atoms with Crippen LogP contribution in [0, 0.1) is 0 Å². The first kappa shape index (κ1) is 34.4. The van der Waals surface area contributed by atoms with Crippen molar-refractivity contribution in [3.8, 4) is 39.1 Å². The van der Waals surface area contributed by atoms with Gasteiger partial charge in [-0.05, 0) is 99.6 Å². The predicted molar refractivity (Wildman–Crippen MR) is 251 cm³/mol. The largest absolute Gasteiger partial charge is 0.454 e. The van der Waals surface area contributed by atoms with Gasteiger partial charge >= 0.3 is 0 Å². The van der Waals surface area contributed by atoms with Crippen LogP contribution in [0.3, 0.4) is 0 Å². The fraction of sp³-hybridized carbons (Fsp3) is 0.0526. The third-order valence-electron chi connectivity index (χ3n) is 12.8. The van der Waals surface area contributed by atoms with Crippen molar-refractivity contribution in [3.63, 3.8) is 0 Å². The Hall–Kier alpha value is -7.62. The van der Waals surface area contributed by atoms with Crippen LogP contribution in [0.2, 0.25) is 0 Å². The molecule has 0 amide bonds. The average molecular weight is 769 g/mol. The van der Waals surface area contributed by atoms with Crippen LogP contribution in [0.5, 0.6) is 0 Å². The number of nitrogens with zero attached hydrogens (tertiary/aromatic N) is 2. The van der Waals surface area contributed by atoms with Crippen molar-refractivity contribution >= 4 is 60.8 Å². The lowest BCUT2D eigenvalue weighted by atomic mass is 9.82. The van der Waals surface area contributed by atoms with Crippen molar-refractivity contribution in [2.24, 2.45) is 0 Å². The minimum atomic E-state index is -0.131. The highest BCUT2D eigenvalue weighted by atomic mass is 16.3. The molecule has 0 spiro atoms. The molecule has 0 aliphatic heterocycles. The highest BCUT2D eigenvalue weighted by molar-refractivity contribution is 6.11. The molecular formula is C57H40N2O. The zero-order chi connectivity index (χ0) is 40.0. The molecule has 0 saturated carbocycles. The Labute approximate surface area is 349 Å². The summed E-state index contributed by atoms with van der Waals surface area (Å²) < 4.78 is 9.09. The second-order valence-corrected chi connectivity index (χ2v) is 16.5. The van der Waals surface area contributed by atoms with Gasteiger partial charge in [0.05, 0.1) is 22.4 Å². The number of rotatable bonds is 6. The first-order valence-corrected chi connectivity index (χ1v) is 20.8. The van der Waals surface area contributed by atoms with Gasteiger partial charge in [0.1, 0.15) is 5.58 Å². The van der Waals surface area contributed by atoms with Crippen molar-refractivity contribution in [1.82, 2.24) is 4.57 Å². The molecule has 1 aliphatic rings. The fourth-order valence-electron chi connectivity index (χ4n) is 9.93. The maximum atomic E-state index is 6.68. The molecule has 9 aromatic carbocycles. The molecule has 0 unspecified atom stereocenters. The van der Waals surface area contributed by atoms with Crippen LogP contribution in [-0.2, 0) is 5.41 Å². The number of benzene rings is 9. The van der Waals surface area contributed by atoms with E-state index in [0.29, 0.717) is 0 Å². The number of hydrogen-bond donors (Lipinski definition) is 0. The normalized spacial score (nSPS) is 13.0. The number of para-hydroxylation sites is 5. The van der Waals surface area contributed by atoms with E-state index >= 15 is 0 Å². The zero-order valence-corrected chi connectivity index (χ0v) is 33.4. The van der Waals surface area contributed by atoms with Gasteiger partial charge in [0.15, 0.2) is 5.58 Å². The molecule has 0 radical (unpaired) electrons. The van der Waals surface area contributed by atoms with Gasteiger partial charge in [-0.3, -0.25) is 0 Å². The number of hydrogen-bond acceptors (Lipinski definition) is 2. The highest BCUT2D eigenvalue weighted by Gasteiger charge is 2.36. The molecule has 12 rings (SSSR count). The van der Waals surface area contributed by atoms with E-state index in [4.69, 9.17) is 4.42 Å². The molecule has 0 fully saturated rings. The van der Waals surface area contributed by atoms with Crippen LogP contribution in [0.4, 0.5) is 17.1 Å². The number of furan rings is 1. The van der Waals surface area contributed by atoms with Gasteiger partial charge in [-0.25, -0.2) is 0 Å². The second-order valence-electron chi connectivity index (χ2n) is 16.5. The molecule has 2 heterocycles. The van der Waals surface area contributed by atoms with Crippen LogP contribution in [0.15, 0.2) is 211 Å². The Balaban J connectivity index is 0.976. The Kier molecular flexibility index (Phi) is 7.58. The minimum Gasteiger partial charge on any atom is -0.454 e. The van der Waals surface area contributed by atoms with Crippen molar-refractivity contribution in [3.05, 3.63) is 217 Å². The van der Waals surface area contributed by atoms with E-state index in [1.54, 1.807) is 0 Å². The van der Waals surface area contributed by atoms with E-state index in [1.807, 2.05) is 6.07 Å². The average Bonchev–Trinajstić information content (AvgIpc) is 3.93. The number of fused-ring (bicyclic) bond motifs is 9. The lowest BCUT2D eigenvalue weighted by Gasteiger charge is -2.28. The lowest BCUT2D eigenvalue weighted by Crippen LogP contribution is -2.16. The fourth-order valence-corrected chi connectivity index (χ4v) is 9.93. The molecule has 0 saturated heterocycles. The molecular weight excluding hydrogens is 729 g/mol. The molecule has 2 aromatic heterocycles. The smallest absolute Gasteiger partial charge is 0.159 e. The molecule has 1 aliphatic carbocycles. The van der Waals surface area contributed by atoms with Gasteiger partial charge in [0.25, 0.3) is 0 Å². The van der Waals surface area contributed by atoms with Gasteiger partial charge in [-0.1, -0.05) is 159 Å². The van der Waals surface area contributed by atoms with E-state index in [9.17, 15) is 0 Å². The summed E-state index contributed by atoms with van der Waals surface area (Å²) in [7, 11) is 0. The van der Waals surface area contributed by atoms with Crippen LogP contribution in [0.25, 0.3) is 82.8 Å². The van der Waals surface area contributed by atoms with Gasteiger partial charge in [0.2, 0.25) is 0 Å². The summed E-state index contributed by atoms with van der Waals surface area (Å²) in [5.74, 6) is 0. The molecule has 0 bridgehead atoms. The number of aromatic nitrogens is 1. The van der Waals surface area contributed by atoms with Crippen molar-refractivity contribution in [1.29, 1.82) is 0 Å². The first-order chi connectivity index (χ1) is 29.5. The Morgan fingerprint density at radius 1 is 0.417 bits per heavy atom. The maximum Gasteiger partial charge on any atom is 0.159 e. The van der Waals surface area contributed by atoms with Gasteiger partial charge in [-0.15, -0.1) is 0 Å². The van der Waals surface area contributed by atoms with Gasteiger partial charge in [0, 0.05) is 43.9 Å². The van der Waals surface area contributed by atoms with Crippen molar-refractivity contribution in [2.75, 3.05) is 4.90 Å². The molecule has 11 aromatic rings. The van der Waals surface area contributed by atoms with E-state index in [1.165, 1.54) is 66.4 Å². The number of anilines is 3. The monoisotopic (exact) mass is 768 g/mol. The topological polar surface area (TPSA) is 21.3 Å². The minimum absolute atomic E-state index is 0.131. The summed E-state index contributed by atoms with van der Waals surface area (Å²) >= 11 is 0. The Morgan fingerprint density at radius 2 is 1.02 bits per heavy atom. The molecule has 0 atom stereocenters. The second kappa shape index (κ2) is 13.2. The van der Waals surface area contributed by atoms with E-state index < -0.39 is 0 Å². The van der Waals surface area contributed by atoms with Gasteiger partial charge < -0.3 is 13.9 Å². The van der Waals surface area contributed by atoms with Gasteiger partial charge in [-0.2, -0.15) is 0 Å². The predicted octanol–water partition coefficient (Wildman–Crippen LogP) is 15.8. The SMILES string of the molecule is CC1(C)c2ccccc2-c2ccc(N(c3ccc(-c4cccc(-c5ccccc5-n5c6ccccc6c6ccccc65)c4)cc3)c3cccc4c3oc3ccccc34)cc21. The third-order valence-corrected chi connectivity index (χ3v) is 12.8. The zero-order valence-electron chi connectivity index (χ0n) is 33.4. The highest BCUT2D eigenvalue weighted by Crippen LogP contribution is 2.51. The van der Waals surface area contributed by atoms with E-state index in [-0.39, 0.29) is 5.41 Å². The summed E-state index contributed by atoms with van der Waals surface area (Å²) in [6.45, 7) is 4.69. The van der Waals surface area contributed by atoms with Crippen molar-refractivity contribution in [2.45, 2.75) is 19.3 Å². The first-order valence-electron chi connectivity index (χ1n) is 20.8. The molecule has 0 N–H and O–H groups in total. The van der Waals surface area contributed by atoms with Crippen molar-refractivity contribution < 1.29 is 4.42 Å². The van der Waals surface area contributed by atoms with Crippen LogP contribution < -0.4 is 4.90 Å². The summed E-state index contributed by atoms with van der Waals surface area (Å²) in [5, 5.41) is 4.75. The molecule has 60 heavy (non-hydrogen) atoms. The van der Waals surface area contributed by atoms with E-state index in [0.717, 1.165) is 44.6 Å². The summed E-state index contributed by atoms with van der Waals surface area (Å²) in [6, 6.07) is 74.8. The van der Waals surface area contributed by atoms with E-state index in [2.05, 4.69) is 224 Å². The van der Waals surface area contributed by atoms with Crippen LogP contribution >= 0.6 is 0 Å². The van der Waals surface area contributed by atoms with Crippen LogP contribution in [-0.4, -0.2) is 4.57 Å². The quantitative estimate of drug-likeness (QED) is 0.168. The summed E-state index contributed by atoms with van der Waals surface area (Å²) in [6.07, 6.45) is 0. The Morgan fingerprint density at radius 3 is 1.82 bits per heavy atom. The molecule has 284 valence electrons. The Bertz CT molecular complexity index is 3420. The summed E-state index contributed by atoms with van der Waals surface area (Å²) in [4.78, 5) is 2.37. The standard InChI is InChI=1S/C57H40N2O/c1-57(2)49-23-8-3-18-43(49)44-34-33-41(36-50(44)57)58(54-27-14-22-48-47-21-7-12-28-55(47)60-56(48)54)40-31-29-37(30-32-40)38-15-13-16-39(35-38)42-17-4-9-24-51(42)59-52-25-10-5-19-45(52)46-20-6-11-26-53(46)59/h3-36H,1-2H3. The molecule has 3 heteroatoms. The third kappa shape index (κ3) is 5.15. The summed E-state index contributed by atoms with van der Waals surface area (Å²) in [5.41, 5.74) is 18.4. The lowest BCUT2D eigenvalue weighted by molar-refractivity contribution is 0.660. The molecule has 3 nitrogen and oxygen atoms in total.